The standard InChI is InChI=1S/C14H23NO/c1-5-12(4)15-10-13-9-7-8-11(3)14(13)16-6-2/h7-9,12,15H,5-6,10H2,1-4H3/t12-/m0/s1. The normalized spacial score (nSPS) is 12.5. The highest BCUT2D eigenvalue weighted by molar-refractivity contribution is 5.40. The van der Waals surface area contributed by atoms with Gasteiger partial charge in [-0.25, -0.2) is 0 Å². The molecule has 0 saturated heterocycles. The van der Waals surface area contributed by atoms with Gasteiger partial charge in [0.05, 0.1) is 6.61 Å². The second-order valence-electron chi connectivity index (χ2n) is 4.19. The molecule has 2 nitrogen and oxygen atoms in total. The molecule has 0 aliphatic rings. The van der Waals surface area contributed by atoms with Gasteiger partial charge >= 0.3 is 0 Å². The second-order valence-corrected chi connectivity index (χ2v) is 4.19. The molecule has 1 rings (SSSR count). The van der Waals surface area contributed by atoms with Gasteiger partial charge in [-0.1, -0.05) is 25.1 Å². The van der Waals surface area contributed by atoms with Crippen molar-refractivity contribution in [1.82, 2.24) is 5.32 Å². The third kappa shape index (κ3) is 3.53. The average molecular weight is 221 g/mol. The predicted molar refractivity (Wildman–Crippen MR) is 68.9 cm³/mol. The number of para-hydroxylation sites is 1. The monoisotopic (exact) mass is 221 g/mol. The van der Waals surface area contributed by atoms with E-state index in [-0.39, 0.29) is 0 Å². The van der Waals surface area contributed by atoms with Crippen LogP contribution in [0.1, 0.15) is 38.3 Å². The summed E-state index contributed by atoms with van der Waals surface area (Å²) in [5.74, 6) is 1.04. The number of ether oxygens (including phenoxy) is 1. The molecule has 1 aromatic carbocycles. The van der Waals surface area contributed by atoms with Crippen LogP contribution in [0.5, 0.6) is 5.75 Å². The Balaban J connectivity index is 2.74. The van der Waals surface area contributed by atoms with Crippen molar-refractivity contribution in [2.45, 2.75) is 46.7 Å². The fourth-order valence-electron chi connectivity index (χ4n) is 1.63. The Labute approximate surface area is 99.0 Å². The SMILES string of the molecule is CCOc1c(C)cccc1CN[C@@H](C)CC. The van der Waals surface area contributed by atoms with E-state index < -0.39 is 0 Å². The van der Waals surface area contributed by atoms with Crippen molar-refractivity contribution in [3.05, 3.63) is 29.3 Å². The van der Waals surface area contributed by atoms with Crippen molar-refractivity contribution in [1.29, 1.82) is 0 Å². The van der Waals surface area contributed by atoms with Gasteiger partial charge in [0.1, 0.15) is 5.75 Å². The van der Waals surface area contributed by atoms with Crippen molar-refractivity contribution < 1.29 is 4.74 Å². The first-order valence-electron chi connectivity index (χ1n) is 6.13. The van der Waals surface area contributed by atoms with Gasteiger partial charge in [-0.05, 0) is 32.8 Å². The summed E-state index contributed by atoms with van der Waals surface area (Å²) < 4.78 is 5.69. The van der Waals surface area contributed by atoms with Gasteiger partial charge in [0.25, 0.3) is 0 Å². The van der Waals surface area contributed by atoms with Gasteiger partial charge in [-0.15, -0.1) is 0 Å². The first-order valence-corrected chi connectivity index (χ1v) is 6.13. The molecular weight excluding hydrogens is 198 g/mol. The van der Waals surface area contributed by atoms with Crippen LogP contribution in [0, 0.1) is 6.92 Å². The van der Waals surface area contributed by atoms with E-state index in [9.17, 15) is 0 Å². The summed E-state index contributed by atoms with van der Waals surface area (Å²) >= 11 is 0. The van der Waals surface area contributed by atoms with Crippen molar-refractivity contribution in [3.8, 4) is 5.75 Å². The maximum atomic E-state index is 5.69. The Morgan fingerprint density at radius 1 is 1.31 bits per heavy atom. The van der Waals surface area contributed by atoms with E-state index in [1.807, 2.05) is 6.92 Å². The molecule has 0 bridgehead atoms. The molecule has 0 unspecified atom stereocenters. The maximum absolute atomic E-state index is 5.69. The smallest absolute Gasteiger partial charge is 0.126 e. The molecule has 0 aromatic heterocycles. The third-order valence-electron chi connectivity index (χ3n) is 2.84. The minimum Gasteiger partial charge on any atom is -0.493 e. The van der Waals surface area contributed by atoms with Crippen molar-refractivity contribution in [2.75, 3.05) is 6.61 Å². The Hall–Kier alpha value is -1.02. The van der Waals surface area contributed by atoms with Crippen molar-refractivity contribution in [2.24, 2.45) is 0 Å². The summed E-state index contributed by atoms with van der Waals surface area (Å²) in [6.45, 7) is 10.1. The Kier molecular flexibility index (Phi) is 5.33. The zero-order chi connectivity index (χ0) is 12.0. The second kappa shape index (κ2) is 6.54. The largest absolute Gasteiger partial charge is 0.493 e. The summed E-state index contributed by atoms with van der Waals surface area (Å²) in [5.41, 5.74) is 2.47. The minimum absolute atomic E-state index is 0.551. The minimum atomic E-state index is 0.551. The van der Waals surface area contributed by atoms with E-state index in [4.69, 9.17) is 4.74 Å². The zero-order valence-electron chi connectivity index (χ0n) is 10.8. The zero-order valence-corrected chi connectivity index (χ0v) is 10.8. The molecule has 0 radical (unpaired) electrons. The summed E-state index contributed by atoms with van der Waals surface area (Å²) in [6, 6.07) is 6.87. The summed E-state index contributed by atoms with van der Waals surface area (Å²) in [7, 11) is 0. The van der Waals surface area contributed by atoms with Gasteiger partial charge in [0.15, 0.2) is 0 Å². The van der Waals surface area contributed by atoms with Gasteiger partial charge in [0.2, 0.25) is 0 Å². The van der Waals surface area contributed by atoms with E-state index in [1.54, 1.807) is 0 Å². The van der Waals surface area contributed by atoms with Crippen LogP contribution in [-0.4, -0.2) is 12.6 Å². The lowest BCUT2D eigenvalue weighted by Gasteiger charge is -2.16. The molecule has 0 fully saturated rings. The maximum Gasteiger partial charge on any atom is 0.126 e. The fraction of sp³-hybridized carbons (Fsp3) is 0.571. The number of aryl methyl sites for hydroxylation is 1. The van der Waals surface area contributed by atoms with E-state index >= 15 is 0 Å². The molecular formula is C14H23NO. The van der Waals surface area contributed by atoms with Crippen LogP contribution in [0.15, 0.2) is 18.2 Å². The summed E-state index contributed by atoms with van der Waals surface area (Å²) in [4.78, 5) is 0. The van der Waals surface area contributed by atoms with Crippen molar-refractivity contribution >= 4 is 0 Å². The predicted octanol–water partition coefficient (Wildman–Crippen LogP) is 3.28. The van der Waals surface area contributed by atoms with Gasteiger partial charge in [-0.2, -0.15) is 0 Å². The quantitative estimate of drug-likeness (QED) is 0.796. The molecule has 0 amide bonds. The van der Waals surface area contributed by atoms with Gasteiger partial charge in [-0.3, -0.25) is 0 Å². The van der Waals surface area contributed by atoms with E-state index in [1.165, 1.54) is 11.1 Å². The molecule has 16 heavy (non-hydrogen) atoms. The van der Waals surface area contributed by atoms with Crippen LogP contribution in [0.2, 0.25) is 0 Å². The molecule has 0 aliphatic carbocycles. The number of hydrogen-bond donors (Lipinski definition) is 1. The molecule has 90 valence electrons. The first kappa shape index (κ1) is 13.0. The van der Waals surface area contributed by atoms with E-state index in [0.717, 1.165) is 25.3 Å². The molecule has 1 aromatic rings. The molecule has 0 spiro atoms. The summed E-state index contributed by atoms with van der Waals surface area (Å²) in [6.07, 6.45) is 1.15. The lowest BCUT2D eigenvalue weighted by atomic mass is 10.1. The lowest BCUT2D eigenvalue weighted by molar-refractivity contribution is 0.332. The number of nitrogens with one attached hydrogen (secondary N) is 1. The van der Waals surface area contributed by atoms with Crippen LogP contribution >= 0.6 is 0 Å². The van der Waals surface area contributed by atoms with Crippen LogP contribution in [0.25, 0.3) is 0 Å². The Morgan fingerprint density at radius 3 is 2.69 bits per heavy atom. The fourth-order valence-corrected chi connectivity index (χ4v) is 1.63. The number of hydrogen-bond acceptors (Lipinski definition) is 2. The molecule has 1 N–H and O–H groups in total. The van der Waals surface area contributed by atoms with Crippen LogP contribution in [0.4, 0.5) is 0 Å². The van der Waals surface area contributed by atoms with Crippen LogP contribution in [-0.2, 0) is 6.54 Å². The van der Waals surface area contributed by atoms with E-state index in [0.29, 0.717) is 6.04 Å². The third-order valence-corrected chi connectivity index (χ3v) is 2.84. The summed E-state index contributed by atoms with van der Waals surface area (Å²) in [5, 5.41) is 3.49. The lowest BCUT2D eigenvalue weighted by Crippen LogP contribution is -2.24. The Bertz CT molecular complexity index is 323. The average Bonchev–Trinajstić information content (AvgIpc) is 2.29. The topological polar surface area (TPSA) is 21.3 Å². The molecule has 2 heteroatoms. The highest BCUT2D eigenvalue weighted by atomic mass is 16.5. The number of benzene rings is 1. The molecule has 0 aliphatic heterocycles. The molecule has 1 atom stereocenters. The highest BCUT2D eigenvalue weighted by Gasteiger charge is 2.07. The molecule has 0 heterocycles. The van der Waals surface area contributed by atoms with Crippen LogP contribution in [0.3, 0.4) is 0 Å². The Morgan fingerprint density at radius 2 is 2.06 bits per heavy atom. The van der Waals surface area contributed by atoms with Crippen LogP contribution < -0.4 is 10.1 Å². The highest BCUT2D eigenvalue weighted by Crippen LogP contribution is 2.23. The first-order chi connectivity index (χ1) is 7.69. The van der Waals surface area contributed by atoms with Crippen molar-refractivity contribution in [3.63, 3.8) is 0 Å². The van der Waals surface area contributed by atoms with Gasteiger partial charge in [0, 0.05) is 18.2 Å². The van der Waals surface area contributed by atoms with E-state index in [2.05, 4.69) is 44.3 Å². The number of rotatable bonds is 6. The molecule has 0 saturated carbocycles. The van der Waals surface area contributed by atoms with Gasteiger partial charge < -0.3 is 10.1 Å².